The topological polar surface area (TPSA) is 0 Å². The second-order valence-corrected chi connectivity index (χ2v) is 1.30. The number of hydrogen-bond acceptors (Lipinski definition) is 0. The molecule has 6 heavy (non-hydrogen) atoms. The van der Waals surface area contributed by atoms with Crippen molar-refractivity contribution < 1.29 is 8.78 Å². The van der Waals surface area contributed by atoms with Gasteiger partial charge in [-0.05, 0) is 6.08 Å². The summed E-state index contributed by atoms with van der Waals surface area (Å²) in [7, 11) is 0. The van der Waals surface area contributed by atoms with Crippen molar-refractivity contribution in [1.29, 1.82) is 0 Å². The molecule has 0 aromatic heterocycles. The molecule has 0 fully saturated rings. The Balaban J connectivity index is 3.14. The maximum absolute atomic E-state index is 10.9. The highest BCUT2D eigenvalue weighted by Crippen LogP contribution is 1.96. The summed E-state index contributed by atoms with van der Waals surface area (Å²) in [6.45, 7) is 0. The molecular weight excluding hydrogens is 154 g/mol. The summed E-state index contributed by atoms with van der Waals surface area (Å²) in [6.07, 6.45) is -0.841. The van der Waals surface area contributed by atoms with Crippen molar-refractivity contribution in [2.45, 2.75) is 0 Å². The summed E-state index contributed by atoms with van der Waals surface area (Å²) in [5.41, 5.74) is 0. The largest absolute Gasteiger partial charge is 0.267 e. The third-order valence-corrected chi connectivity index (χ3v) is 0.555. The van der Waals surface area contributed by atoms with Gasteiger partial charge in [0.25, 0.3) is 6.08 Å². The van der Waals surface area contributed by atoms with E-state index < -0.39 is 6.08 Å². The second kappa shape index (κ2) is 3.28. The summed E-state index contributed by atoms with van der Waals surface area (Å²) in [6, 6.07) is 0. The van der Waals surface area contributed by atoms with Gasteiger partial charge in [-0.25, -0.2) is 0 Å². The molecule has 0 aromatic rings. The molecule has 0 amide bonds. The van der Waals surface area contributed by atoms with Gasteiger partial charge in [0.05, 0.1) is 0 Å². The Morgan fingerprint density at radius 1 is 1.67 bits per heavy atom. The lowest BCUT2D eigenvalue weighted by molar-refractivity contribution is 0.420. The minimum absolute atomic E-state index is 0.231. The zero-order valence-electron chi connectivity index (χ0n) is 2.92. The Morgan fingerprint density at radius 3 is 2.17 bits per heavy atom. The normalized spacial score (nSPS) is 7.83. The predicted octanol–water partition coefficient (Wildman–Crippen LogP) is 2.16. The lowest BCUT2D eigenvalue weighted by Crippen LogP contribution is -1.57. The average molecular weight is 157 g/mol. The van der Waals surface area contributed by atoms with Crippen LogP contribution in [0.5, 0.6) is 0 Å². The van der Waals surface area contributed by atoms with Gasteiger partial charge in [0.1, 0.15) is 0 Å². The van der Waals surface area contributed by atoms with E-state index in [-0.39, 0.29) is 5.33 Å². The van der Waals surface area contributed by atoms with Gasteiger partial charge in [0.2, 0.25) is 0 Å². The Labute approximate surface area is 43.0 Å². The van der Waals surface area contributed by atoms with Crippen LogP contribution >= 0.6 is 15.9 Å². The van der Waals surface area contributed by atoms with Gasteiger partial charge in [-0.3, -0.25) is 0 Å². The number of halogens is 3. The summed E-state index contributed by atoms with van der Waals surface area (Å²) in [4.78, 5) is 0. The van der Waals surface area contributed by atoms with E-state index in [1.54, 1.807) is 0 Å². The molecule has 0 atom stereocenters. The van der Waals surface area contributed by atoms with Crippen LogP contribution in [-0.2, 0) is 0 Å². The zero-order valence-corrected chi connectivity index (χ0v) is 4.50. The Hall–Kier alpha value is 0.0800. The molecule has 0 nitrogen and oxygen atoms in total. The quantitative estimate of drug-likeness (QED) is 0.511. The van der Waals surface area contributed by atoms with Gasteiger partial charge in [-0.15, -0.1) is 0 Å². The van der Waals surface area contributed by atoms with Gasteiger partial charge >= 0.3 is 0 Å². The lowest BCUT2D eigenvalue weighted by Gasteiger charge is -1.69. The van der Waals surface area contributed by atoms with E-state index in [2.05, 4.69) is 15.9 Å². The van der Waals surface area contributed by atoms with Crippen molar-refractivity contribution >= 4 is 15.9 Å². The molecule has 0 unspecified atom stereocenters. The maximum atomic E-state index is 10.9. The first-order chi connectivity index (χ1) is 2.77. The van der Waals surface area contributed by atoms with Crippen LogP contribution in [0.4, 0.5) is 8.78 Å². The van der Waals surface area contributed by atoms with Crippen molar-refractivity contribution in [2.75, 3.05) is 5.33 Å². The van der Waals surface area contributed by atoms with Crippen molar-refractivity contribution in [3.63, 3.8) is 0 Å². The number of alkyl halides is 1. The Bertz CT molecular complexity index is 55.8. The van der Waals surface area contributed by atoms with Crippen LogP contribution in [0.15, 0.2) is 12.2 Å². The molecule has 36 valence electrons. The van der Waals surface area contributed by atoms with Crippen molar-refractivity contribution in [1.82, 2.24) is 0 Å². The van der Waals surface area contributed by atoms with E-state index in [1.165, 1.54) is 0 Å². The first-order valence-electron chi connectivity index (χ1n) is 1.34. The number of allylic oxidation sites excluding steroid dienone is 1. The van der Waals surface area contributed by atoms with Gasteiger partial charge in [0, 0.05) is 5.33 Å². The van der Waals surface area contributed by atoms with Crippen LogP contribution in [0.25, 0.3) is 0 Å². The number of hydrogen-bond donors (Lipinski definition) is 0. The molecule has 0 aliphatic carbocycles. The van der Waals surface area contributed by atoms with Gasteiger partial charge < -0.3 is 0 Å². The first kappa shape index (κ1) is 6.08. The molecule has 0 aliphatic rings. The molecule has 0 rings (SSSR count). The van der Waals surface area contributed by atoms with E-state index >= 15 is 0 Å². The van der Waals surface area contributed by atoms with Crippen LogP contribution in [-0.4, -0.2) is 5.33 Å². The second-order valence-electron chi connectivity index (χ2n) is 0.648. The zero-order chi connectivity index (χ0) is 4.99. The fourth-order valence-electron chi connectivity index (χ4n) is 0.0583. The predicted molar refractivity (Wildman–Crippen MR) is 24.1 cm³/mol. The molecule has 0 saturated carbocycles. The molecule has 0 aromatic carbocycles. The highest BCUT2D eigenvalue weighted by atomic mass is 79.9. The fourth-order valence-corrected chi connectivity index (χ4v) is 0.303. The standard InChI is InChI=1S/C3H3BrF2/c4-2-1-3(5)6/h1H,2H2. The van der Waals surface area contributed by atoms with E-state index in [0.717, 1.165) is 6.08 Å². The van der Waals surface area contributed by atoms with E-state index in [9.17, 15) is 8.78 Å². The van der Waals surface area contributed by atoms with Gasteiger partial charge in [-0.2, -0.15) is 8.78 Å². The van der Waals surface area contributed by atoms with Crippen LogP contribution in [0, 0.1) is 0 Å². The van der Waals surface area contributed by atoms with Gasteiger partial charge in [-0.1, -0.05) is 15.9 Å². The number of rotatable bonds is 1. The van der Waals surface area contributed by atoms with Crippen LogP contribution < -0.4 is 0 Å². The highest BCUT2D eigenvalue weighted by molar-refractivity contribution is 9.09. The van der Waals surface area contributed by atoms with Crippen molar-refractivity contribution in [3.8, 4) is 0 Å². The summed E-state index contributed by atoms with van der Waals surface area (Å²) >= 11 is 2.79. The van der Waals surface area contributed by atoms with Crippen molar-refractivity contribution in [3.05, 3.63) is 12.2 Å². The van der Waals surface area contributed by atoms with Gasteiger partial charge in [0.15, 0.2) is 0 Å². The summed E-state index contributed by atoms with van der Waals surface area (Å²) in [5, 5.41) is 0.231. The maximum Gasteiger partial charge on any atom is 0.267 e. The summed E-state index contributed by atoms with van der Waals surface area (Å²) < 4.78 is 21.7. The van der Waals surface area contributed by atoms with Crippen LogP contribution in [0.1, 0.15) is 0 Å². The third kappa shape index (κ3) is 4.08. The molecule has 0 heterocycles. The molecule has 0 radical (unpaired) electrons. The molecular formula is C3H3BrF2. The molecule has 0 aliphatic heterocycles. The van der Waals surface area contributed by atoms with Crippen molar-refractivity contribution in [2.24, 2.45) is 0 Å². The Morgan fingerprint density at radius 2 is 2.17 bits per heavy atom. The fraction of sp³-hybridized carbons (Fsp3) is 0.333. The first-order valence-corrected chi connectivity index (χ1v) is 2.46. The summed E-state index contributed by atoms with van der Waals surface area (Å²) in [5.74, 6) is 0. The Kier molecular flexibility index (Phi) is 3.32. The average Bonchev–Trinajstić information content (AvgIpc) is 1.35. The highest BCUT2D eigenvalue weighted by Gasteiger charge is 1.79. The van der Waals surface area contributed by atoms with E-state index in [4.69, 9.17) is 0 Å². The SMILES string of the molecule is FC(F)=CCBr. The molecule has 0 bridgehead atoms. The van der Waals surface area contributed by atoms with E-state index in [0.29, 0.717) is 0 Å². The molecule has 0 saturated heterocycles. The lowest BCUT2D eigenvalue weighted by atomic mass is 10.7. The van der Waals surface area contributed by atoms with Crippen LogP contribution in [0.3, 0.4) is 0 Å². The minimum atomic E-state index is -1.63. The third-order valence-electron chi connectivity index (χ3n) is 0.231. The smallest absolute Gasteiger partial charge is 0.174 e. The molecule has 0 spiro atoms. The van der Waals surface area contributed by atoms with Crippen LogP contribution in [0.2, 0.25) is 0 Å². The monoisotopic (exact) mass is 156 g/mol. The van der Waals surface area contributed by atoms with E-state index in [1.807, 2.05) is 0 Å². The minimum Gasteiger partial charge on any atom is -0.174 e. The molecule has 3 heteroatoms. The molecule has 0 N–H and O–H groups in total.